The molecule has 18 heavy (non-hydrogen) atoms. The van der Waals surface area contributed by atoms with E-state index in [2.05, 4.69) is 0 Å². The van der Waals surface area contributed by atoms with Gasteiger partial charge in [0.1, 0.15) is 10.6 Å². The number of hydrogen-bond acceptors (Lipinski definition) is 2. The van der Waals surface area contributed by atoms with Crippen LogP contribution in [0, 0.1) is 5.21 Å². The fraction of sp³-hybridized carbons (Fsp3) is 0. The highest BCUT2D eigenvalue weighted by molar-refractivity contribution is 6.53. The maximum atomic E-state index is 12.2. The van der Waals surface area contributed by atoms with E-state index in [0.717, 1.165) is 0 Å². The molecule has 0 unspecified atom stereocenters. The molecule has 0 fully saturated rings. The minimum absolute atomic E-state index is 0.124. The maximum absolute atomic E-state index is 12.2. The molecule has 3 nitrogen and oxygen atoms in total. The zero-order valence-electron chi connectivity index (χ0n) is 9.26. The van der Waals surface area contributed by atoms with Crippen LogP contribution in [0.1, 0.15) is 15.9 Å². The quantitative estimate of drug-likeness (QED) is 0.582. The second-order valence-corrected chi connectivity index (χ2v) is 4.38. The van der Waals surface area contributed by atoms with E-state index < -0.39 is 0 Å². The Bertz CT molecular complexity index is 677. The van der Waals surface area contributed by atoms with Crippen molar-refractivity contribution in [1.29, 1.82) is 0 Å². The van der Waals surface area contributed by atoms with Crippen molar-refractivity contribution < 1.29 is 9.53 Å². The largest absolute Gasteiger partial charge is 0.618 e. The van der Waals surface area contributed by atoms with Gasteiger partial charge in [-0.2, -0.15) is 4.74 Å². The third kappa shape index (κ3) is 1.45. The molecule has 0 N–H and O–H groups in total. The summed E-state index contributed by atoms with van der Waals surface area (Å²) >= 11 is 5.98. The molecular weight excluding hydrogens is 250 g/mol. The molecule has 3 rings (SSSR count). The van der Waals surface area contributed by atoms with Gasteiger partial charge < -0.3 is 5.21 Å². The first-order chi connectivity index (χ1) is 8.70. The molecule has 0 amide bonds. The monoisotopic (exact) mass is 257 g/mol. The summed E-state index contributed by atoms with van der Waals surface area (Å²) in [5.74, 6) is -0.284. The average Bonchev–Trinajstić information content (AvgIpc) is 2.64. The smallest absolute Gasteiger partial charge is 0.272 e. The van der Waals surface area contributed by atoms with Crippen LogP contribution in [-0.2, 0) is 0 Å². The lowest BCUT2D eigenvalue weighted by Crippen LogP contribution is -2.16. The van der Waals surface area contributed by atoms with E-state index in [9.17, 15) is 10.0 Å². The summed E-state index contributed by atoms with van der Waals surface area (Å²) in [5.41, 5.74) is 1.32. The summed E-state index contributed by atoms with van der Waals surface area (Å²) in [6, 6.07) is 13.8. The molecule has 0 saturated carbocycles. The maximum Gasteiger partial charge on any atom is 0.272 e. The molecule has 1 aliphatic heterocycles. The second-order valence-electron chi connectivity index (χ2n) is 3.97. The Balaban J connectivity index is 2.26. The van der Waals surface area contributed by atoms with Crippen LogP contribution in [0.5, 0.6) is 0 Å². The summed E-state index contributed by atoms with van der Waals surface area (Å²) in [7, 11) is 0. The summed E-state index contributed by atoms with van der Waals surface area (Å²) in [5, 5.41) is 12.5. The molecule has 0 atom stereocenters. The summed E-state index contributed by atoms with van der Waals surface area (Å²) < 4.78 is 0.620. The zero-order chi connectivity index (χ0) is 12.7. The number of ketones is 1. The molecule has 4 heteroatoms. The Morgan fingerprint density at radius 2 is 1.72 bits per heavy atom. The molecule has 0 bridgehead atoms. The number of rotatable bonds is 1. The third-order valence-corrected chi connectivity index (χ3v) is 3.20. The van der Waals surface area contributed by atoms with Gasteiger partial charge in [-0.25, -0.2) is 0 Å². The Hall–Kier alpha value is -2.13. The molecule has 0 spiro atoms. The number of carbonyl (C=O) groups is 1. The van der Waals surface area contributed by atoms with Crippen molar-refractivity contribution in [1.82, 2.24) is 0 Å². The fourth-order valence-corrected chi connectivity index (χ4v) is 2.33. The molecule has 88 valence electrons. The van der Waals surface area contributed by atoms with Crippen LogP contribution in [0.25, 0.3) is 0 Å². The van der Waals surface area contributed by atoms with Gasteiger partial charge in [-0.15, -0.1) is 0 Å². The van der Waals surface area contributed by atoms with Gasteiger partial charge in [0.2, 0.25) is 5.69 Å². The highest BCUT2D eigenvalue weighted by Gasteiger charge is 2.37. The van der Waals surface area contributed by atoms with E-state index >= 15 is 0 Å². The minimum Gasteiger partial charge on any atom is -0.618 e. The SMILES string of the molecule is O=C1C(c2ccccc2)=[N+]([O-])c2c(Cl)cccc21. The summed E-state index contributed by atoms with van der Waals surface area (Å²) in [6.07, 6.45) is 0. The number of fused-ring (bicyclic) bond motifs is 1. The van der Waals surface area contributed by atoms with Crippen molar-refractivity contribution >= 4 is 28.8 Å². The van der Waals surface area contributed by atoms with Crippen LogP contribution in [-0.4, -0.2) is 16.2 Å². The van der Waals surface area contributed by atoms with Crippen molar-refractivity contribution in [3.05, 3.63) is 69.9 Å². The first-order valence-electron chi connectivity index (χ1n) is 5.43. The average molecular weight is 258 g/mol. The molecule has 0 aliphatic carbocycles. The number of para-hydroxylation sites is 1. The van der Waals surface area contributed by atoms with Crippen molar-refractivity contribution in [3.63, 3.8) is 0 Å². The zero-order valence-corrected chi connectivity index (χ0v) is 10.0. The van der Waals surface area contributed by atoms with Gasteiger partial charge in [0.25, 0.3) is 11.5 Å². The van der Waals surface area contributed by atoms with Crippen LogP contribution in [0.15, 0.2) is 48.5 Å². The molecular formula is C14H8ClNO2. The van der Waals surface area contributed by atoms with Crippen LogP contribution in [0.4, 0.5) is 5.69 Å². The van der Waals surface area contributed by atoms with Crippen molar-refractivity contribution in [2.75, 3.05) is 0 Å². The van der Waals surface area contributed by atoms with Gasteiger partial charge in [0.15, 0.2) is 0 Å². The Morgan fingerprint density at radius 3 is 2.39 bits per heavy atom. The van der Waals surface area contributed by atoms with Crippen molar-refractivity contribution in [2.45, 2.75) is 0 Å². The van der Waals surface area contributed by atoms with E-state index in [1.54, 1.807) is 42.5 Å². The van der Waals surface area contributed by atoms with Gasteiger partial charge >= 0.3 is 0 Å². The van der Waals surface area contributed by atoms with E-state index in [0.29, 0.717) is 20.9 Å². The topological polar surface area (TPSA) is 43.1 Å². The van der Waals surface area contributed by atoms with E-state index in [1.807, 2.05) is 6.07 Å². The molecule has 0 aromatic heterocycles. The molecule has 0 saturated heterocycles. The predicted octanol–water partition coefficient (Wildman–Crippen LogP) is 3.17. The number of Topliss-reactive ketones (excluding diaryl/α,β-unsaturated/α-hetero) is 1. The van der Waals surface area contributed by atoms with Crippen molar-refractivity contribution in [3.8, 4) is 0 Å². The first kappa shape index (κ1) is 11.0. The standard InChI is InChI=1S/C14H8ClNO2/c15-11-8-4-7-10-13(11)16(18)12(14(10)17)9-5-2-1-3-6-9/h1-8H. The van der Waals surface area contributed by atoms with E-state index in [1.165, 1.54) is 0 Å². The molecule has 1 aliphatic rings. The van der Waals surface area contributed by atoms with Gasteiger partial charge in [0.05, 0.1) is 5.56 Å². The van der Waals surface area contributed by atoms with Crippen LogP contribution >= 0.6 is 11.6 Å². The van der Waals surface area contributed by atoms with Gasteiger partial charge in [-0.1, -0.05) is 35.9 Å². The Morgan fingerprint density at radius 1 is 1.00 bits per heavy atom. The lowest BCUT2D eigenvalue weighted by molar-refractivity contribution is -0.355. The van der Waals surface area contributed by atoms with E-state index in [-0.39, 0.29) is 17.2 Å². The van der Waals surface area contributed by atoms with Gasteiger partial charge in [-0.3, -0.25) is 4.79 Å². The molecule has 2 aromatic rings. The minimum atomic E-state index is -0.284. The molecule has 2 aromatic carbocycles. The number of halogens is 1. The summed E-state index contributed by atoms with van der Waals surface area (Å²) in [4.78, 5) is 12.2. The molecule has 1 heterocycles. The van der Waals surface area contributed by atoms with Crippen LogP contribution < -0.4 is 0 Å². The number of carbonyl (C=O) groups excluding carboxylic acids is 1. The lowest BCUT2D eigenvalue weighted by atomic mass is 10.0. The Kier molecular flexibility index (Phi) is 2.42. The Labute approximate surface area is 109 Å². The normalized spacial score (nSPS) is 13.9. The van der Waals surface area contributed by atoms with Gasteiger partial charge in [0, 0.05) is 0 Å². The first-order valence-corrected chi connectivity index (χ1v) is 5.81. The summed E-state index contributed by atoms with van der Waals surface area (Å²) in [6.45, 7) is 0. The highest BCUT2D eigenvalue weighted by atomic mass is 35.5. The fourth-order valence-electron chi connectivity index (χ4n) is 2.08. The number of hydrogen-bond donors (Lipinski definition) is 0. The predicted molar refractivity (Wildman–Crippen MR) is 69.6 cm³/mol. The second kappa shape index (κ2) is 3.96. The number of nitrogens with zero attached hydrogens (tertiary/aromatic N) is 1. The molecule has 0 radical (unpaired) electrons. The highest BCUT2D eigenvalue weighted by Crippen LogP contribution is 2.34. The van der Waals surface area contributed by atoms with Crippen molar-refractivity contribution in [2.24, 2.45) is 0 Å². The van der Waals surface area contributed by atoms with Crippen LogP contribution in [0.2, 0.25) is 5.02 Å². The lowest BCUT2D eigenvalue weighted by Gasteiger charge is -2.02. The van der Waals surface area contributed by atoms with Gasteiger partial charge in [-0.05, 0) is 24.3 Å². The van der Waals surface area contributed by atoms with E-state index in [4.69, 9.17) is 11.6 Å². The number of benzene rings is 2. The third-order valence-electron chi connectivity index (χ3n) is 2.90. The van der Waals surface area contributed by atoms with Crippen LogP contribution in [0.3, 0.4) is 0 Å².